The van der Waals surface area contributed by atoms with Gasteiger partial charge in [0.25, 0.3) is 0 Å². The van der Waals surface area contributed by atoms with Gasteiger partial charge in [-0.15, -0.1) is 0 Å². The number of halogens is 2. The van der Waals surface area contributed by atoms with E-state index in [0.29, 0.717) is 11.6 Å². The lowest BCUT2D eigenvalue weighted by Crippen LogP contribution is -2.67. The molecule has 2 aliphatic heterocycles. The highest BCUT2D eigenvalue weighted by atomic mass is 79.9. The molecule has 0 amide bonds. The molecule has 19 heavy (non-hydrogen) atoms. The van der Waals surface area contributed by atoms with Crippen molar-refractivity contribution < 1.29 is 14.6 Å². The minimum absolute atomic E-state index is 0.0261. The third-order valence-electron chi connectivity index (χ3n) is 3.32. The van der Waals surface area contributed by atoms with Crippen LogP contribution in [0.3, 0.4) is 0 Å². The van der Waals surface area contributed by atoms with Gasteiger partial charge in [-0.1, -0.05) is 39.3 Å². The second kappa shape index (κ2) is 5.52. The highest BCUT2D eigenvalue weighted by molar-refractivity contribution is 9.10. The van der Waals surface area contributed by atoms with Crippen molar-refractivity contribution in [2.45, 2.75) is 34.7 Å². The molecule has 3 N–H and O–H groups in total. The average molecular weight is 367 g/mol. The summed E-state index contributed by atoms with van der Waals surface area (Å²) in [6.45, 7) is 0.536. The Bertz CT molecular complexity index is 492. The van der Waals surface area contributed by atoms with Gasteiger partial charge in [-0.2, -0.15) is 0 Å². The Morgan fingerprint density at radius 1 is 1.47 bits per heavy atom. The zero-order valence-electron chi connectivity index (χ0n) is 9.83. The molecule has 0 bridgehead atoms. The molecule has 5 unspecified atom stereocenters. The fourth-order valence-electron chi connectivity index (χ4n) is 2.18. The second-order valence-electron chi connectivity index (χ2n) is 4.60. The molecule has 7 heteroatoms. The number of ether oxygens (including phenoxy) is 2. The van der Waals surface area contributed by atoms with E-state index in [9.17, 15) is 5.11 Å². The fourth-order valence-corrected chi connectivity index (χ4v) is 4.09. The predicted molar refractivity (Wildman–Crippen MR) is 77.4 cm³/mol. The number of hydrogen-bond donors (Lipinski definition) is 2. The lowest BCUT2D eigenvalue weighted by molar-refractivity contribution is -0.251. The summed E-state index contributed by atoms with van der Waals surface area (Å²) >= 11 is 10.9. The zero-order valence-corrected chi connectivity index (χ0v) is 13.0. The van der Waals surface area contributed by atoms with Crippen molar-refractivity contribution in [1.82, 2.24) is 0 Å². The van der Waals surface area contributed by atoms with Crippen molar-refractivity contribution >= 4 is 39.3 Å². The molecule has 0 aliphatic carbocycles. The lowest BCUT2D eigenvalue weighted by atomic mass is 9.94. The summed E-state index contributed by atoms with van der Waals surface area (Å²) in [7, 11) is 0. The number of nitrogens with two attached hydrogens (primary N) is 1. The first-order valence-corrected chi connectivity index (χ1v) is 7.94. The quantitative estimate of drug-likeness (QED) is 0.838. The van der Waals surface area contributed by atoms with Crippen molar-refractivity contribution in [3.63, 3.8) is 0 Å². The highest BCUT2D eigenvalue weighted by Crippen LogP contribution is 2.39. The Kier molecular flexibility index (Phi) is 4.11. The van der Waals surface area contributed by atoms with Gasteiger partial charge in [-0.3, -0.25) is 0 Å². The van der Waals surface area contributed by atoms with Crippen LogP contribution in [-0.4, -0.2) is 41.5 Å². The van der Waals surface area contributed by atoms with Crippen LogP contribution in [0.5, 0.6) is 0 Å². The van der Waals surface area contributed by atoms with Crippen LogP contribution in [-0.2, 0) is 9.47 Å². The first kappa shape index (κ1) is 14.1. The number of aliphatic hydroxyl groups excluding tert-OH is 1. The molecule has 0 aromatic heterocycles. The molecule has 3 rings (SSSR count). The largest absolute Gasteiger partial charge is 0.388 e. The number of hydrogen-bond acceptors (Lipinski definition) is 5. The summed E-state index contributed by atoms with van der Waals surface area (Å²) in [5.41, 5.74) is 5.54. The van der Waals surface area contributed by atoms with Crippen LogP contribution in [0.4, 0.5) is 0 Å². The molecule has 2 aliphatic rings. The molecule has 2 fully saturated rings. The Hall–Kier alpha value is 0.180. The van der Waals surface area contributed by atoms with Crippen molar-refractivity contribution in [3.05, 3.63) is 27.7 Å². The molecule has 1 aromatic rings. The maximum Gasteiger partial charge on any atom is 0.135 e. The monoisotopic (exact) mass is 365 g/mol. The third-order valence-corrected chi connectivity index (χ3v) is 5.47. The first-order valence-electron chi connectivity index (χ1n) is 5.88. The fraction of sp³-hybridized carbons (Fsp3) is 0.500. The van der Waals surface area contributed by atoms with E-state index in [1.54, 1.807) is 6.07 Å². The first-order chi connectivity index (χ1) is 9.06. The van der Waals surface area contributed by atoms with Crippen LogP contribution in [0, 0.1) is 0 Å². The van der Waals surface area contributed by atoms with Crippen LogP contribution >= 0.6 is 39.3 Å². The summed E-state index contributed by atoms with van der Waals surface area (Å²) in [6.07, 6.45) is -0.992. The predicted octanol–water partition coefficient (Wildman–Crippen LogP) is 2.01. The Labute approximate surface area is 128 Å². The smallest absolute Gasteiger partial charge is 0.135 e. The normalized spacial score (nSPS) is 37.6. The molecular weight excluding hydrogens is 354 g/mol. The van der Waals surface area contributed by atoms with Crippen LogP contribution in [0.2, 0.25) is 5.02 Å². The highest BCUT2D eigenvalue weighted by Gasteiger charge is 2.49. The number of thioether (sulfide) groups is 1. The summed E-state index contributed by atoms with van der Waals surface area (Å²) in [6, 6.07) is 5.15. The minimum Gasteiger partial charge on any atom is -0.388 e. The number of rotatable bonds is 2. The van der Waals surface area contributed by atoms with Crippen LogP contribution in [0.15, 0.2) is 27.6 Å². The van der Waals surface area contributed by atoms with E-state index >= 15 is 0 Å². The van der Waals surface area contributed by atoms with E-state index in [4.69, 9.17) is 26.8 Å². The summed E-state index contributed by atoms with van der Waals surface area (Å²) in [4.78, 5) is 0.853. The van der Waals surface area contributed by atoms with Crippen LogP contribution in [0.25, 0.3) is 0 Å². The van der Waals surface area contributed by atoms with Gasteiger partial charge in [0.1, 0.15) is 23.7 Å². The lowest BCUT2D eigenvalue weighted by Gasteiger charge is -2.48. The molecule has 4 nitrogen and oxygen atoms in total. The molecular formula is C12H13BrClNO3S. The van der Waals surface area contributed by atoms with Crippen molar-refractivity contribution in [3.8, 4) is 0 Å². The Balaban J connectivity index is 1.77. The van der Waals surface area contributed by atoms with E-state index < -0.39 is 17.6 Å². The standard InChI is InChI=1S/C12H13BrClNO3S/c13-5-1-2-6(14)8(3-5)19-12-10(16)9(15)11-7(18-12)4-17-11/h1-3,7,9-12,16H,4,15H2. The molecule has 2 heterocycles. The van der Waals surface area contributed by atoms with Gasteiger partial charge in [-0.25, -0.2) is 0 Å². The maximum atomic E-state index is 10.2. The minimum atomic E-state index is -0.776. The van der Waals surface area contributed by atoms with E-state index in [1.807, 2.05) is 12.1 Å². The van der Waals surface area contributed by atoms with Gasteiger partial charge in [0.15, 0.2) is 0 Å². The number of benzene rings is 1. The molecule has 5 atom stereocenters. The van der Waals surface area contributed by atoms with Crippen LogP contribution in [0.1, 0.15) is 0 Å². The molecule has 0 saturated carbocycles. The van der Waals surface area contributed by atoms with E-state index in [-0.39, 0.29) is 12.2 Å². The molecule has 0 radical (unpaired) electrons. The topological polar surface area (TPSA) is 64.7 Å². The van der Waals surface area contributed by atoms with Gasteiger partial charge in [0.2, 0.25) is 0 Å². The maximum absolute atomic E-state index is 10.2. The molecule has 0 spiro atoms. The molecule has 2 saturated heterocycles. The second-order valence-corrected chi connectivity index (χ2v) is 7.06. The zero-order chi connectivity index (χ0) is 13.6. The van der Waals surface area contributed by atoms with Crippen molar-refractivity contribution in [2.75, 3.05) is 6.61 Å². The van der Waals surface area contributed by atoms with E-state index in [0.717, 1.165) is 9.37 Å². The van der Waals surface area contributed by atoms with Gasteiger partial charge in [0.05, 0.1) is 17.7 Å². The average Bonchev–Trinajstić information content (AvgIpc) is 2.34. The molecule has 104 valence electrons. The third kappa shape index (κ3) is 2.68. The van der Waals surface area contributed by atoms with Gasteiger partial charge < -0.3 is 20.3 Å². The summed E-state index contributed by atoms with van der Waals surface area (Å²) in [5.74, 6) is 0. The van der Waals surface area contributed by atoms with Crippen LogP contribution < -0.4 is 5.73 Å². The van der Waals surface area contributed by atoms with Gasteiger partial charge in [-0.05, 0) is 18.2 Å². The SMILES string of the molecule is NC1C(O)C(Sc2cc(Br)ccc2Cl)OC2COC21. The number of fused-ring (bicyclic) bond motifs is 1. The molecule has 1 aromatic carbocycles. The van der Waals surface area contributed by atoms with Gasteiger partial charge >= 0.3 is 0 Å². The van der Waals surface area contributed by atoms with E-state index in [1.165, 1.54) is 11.8 Å². The van der Waals surface area contributed by atoms with E-state index in [2.05, 4.69) is 15.9 Å². The van der Waals surface area contributed by atoms with Gasteiger partial charge in [0, 0.05) is 9.37 Å². The summed E-state index contributed by atoms with van der Waals surface area (Å²) < 4.78 is 12.0. The van der Waals surface area contributed by atoms with Crippen molar-refractivity contribution in [1.29, 1.82) is 0 Å². The Morgan fingerprint density at radius 2 is 2.26 bits per heavy atom. The Morgan fingerprint density at radius 3 is 2.95 bits per heavy atom. The number of aliphatic hydroxyl groups is 1. The van der Waals surface area contributed by atoms with Crippen molar-refractivity contribution in [2.24, 2.45) is 5.73 Å². The summed E-state index contributed by atoms with van der Waals surface area (Å²) in [5, 5.41) is 10.8.